The minimum absolute atomic E-state index is 0.102. The van der Waals surface area contributed by atoms with Crippen molar-refractivity contribution in [3.05, 3.63) is 35.7 Å². The van der Waals surface area contributed by atoms with Gasteiger partial charge in [0.1, 0.15) is 5.82 Å². The van der Waals surface area contributed by atoms with Gasteiger partial charge in [-0.25, -0.2) is 8.78 Å². The van der Waals surface area contributed by atoms with Gasteiger partial charge in [0, 0.05) is 25.1 Å². The second kappa shape index (κ2) is 5.83. The fourth-order valence-corrected chi connectivity index (χ4v) is 1.82. The first-order valence-electron chi connectivity index (χ1n) is 5.14. The van der Waals surface area contributed by atoms with Crippen molar-refractivity contribution in [3.8, 4) is 10.9 Å². The lowest BCUT2D eigenvalue weighted by Gasteiger charge is -2.03. The lowest BCUT2D eigenvalue weighted by atomic mass is 10.3. The van der Waals surface area contributed by atoms with Crippen LogP contribution in [-0.2, 0) is 11.2 Å². The van der Waals surface area contributed by atoms with Crippen molar-refractivity contribution in [2.24, 2.45) is 0 Å². The molecule has 1 heterocycles. The third-order valence-corrected chi connectivity index (χ3v) is 2.72. The Morgan fingerprint density at radius 1 is 1.28 bits per heavy atom. The number of para-hydroxylation sites is 1. The summed E-state index contributed by atoms with van der Waals surface area (Å²) in [6.45, 7) is 0.476. The van der Waals surface area contributed by atoms with Crippen LogP contribution in [0.25, 0.3) is 0 Å². The topological polar surface area (TPSA) is 44.2 Å². The molecule has 18 heavy (non-hydrogen) atoms. The van der Waals surface area contributed by atoms with Crippen LogP contribution in [0.4, 0.5) is 8.78 Å². The second-order valence-corrected chi connectivity index (χ2v) is 4.09. The highest BCUT2D eigenvalue weighted by atomic mass is 32.1. The Hall–Kier alpha value is -1.60. The molecule has 4 nitrogen and oxygen atoms in total. The van der Waals surface area contributed by atoms with Gasteiger partial charge in [-0.2, -0.15) is 9.36 Å². The lowest BCUT2D eigenvalue weighted by molar-refractivity contribution is 0.200. The molecule has 0 aliphatic heterocycles. The smallest absolute Gasteiger partial charge is 0.298 e. The van der Waals surface area contributed by atoms with Crippen molar-refractivity contribution >= 4 is 11.5 Å². The van der Waals surface area contributed by atoms with Crippen molar-refractivity contribution in [1.82, 2.24) is 9.36 Å². The predicted octanol–water partition coefficient (Wildman–Crippen LogP) is 2.80. The van der Waals surface area contributed by atoms with Crippen LogP contribution in [0.3, 0.4) is 0 Å². The minimum Gasteiger partial charge on any atom is -0.424 e. The summed E-state index contributed by atoms with van der Waals surface area (Å²) < 4.78 is 40.6. The number of ether oxygens (including phenoxy) is 2. The van der Waals surface area contributed by atoms with Crippen molar-refractivity contribution in [1.29, 1.82) is 0 Å². The summed E-state index contributed by atoms with van der Waals surface area (Å²) in [5.74, 6) is -1.49. The maximum atomic E-state index is 13.3. The number of benzene rings is 1. The Bertz CT molecular complexity index is 513. The SMILES string of the molecule is COCCc1nsc(Oc2c(F)cccc2F)n1. The monoisotopic (exact) mass is 272 g/mol. The Labute approximate surface area is 106 Å². The van der Waals surface area contributed by atoms with Gasteiger partial charge >= 0.3 is 0 Å². The van der Waals surface area contributed by atoms with Gasteiger partial charge in [-0.1, -0.05) is 6.07 Å². The molecule has 0 radical (unpaired) electrons. The van der Waals surface area contributed by atoms with E-state index in [1.807, 2.05) is 0 Å². The fourth-order valence-electron chi connectivity index (χ4n) is 1.24. The maximum absolute atomic E-state index is 13.3. The van der Waals surface area contributed by atoms with Crippen LogP contribution in [0.2, 0.25) is 0 Å². The molecule has 7 heteroatoms. The lowest BCUT2D eigenvalue weighted by Crippen LogP contribution is -1.96. The van der Waals surface area contributed by atoms with Crippen molar-refractivity contribution in [3.63, 3.8) is 0 Å². The van der Waals surface area contributed by atoms with Gasteiger partial charge < -0.3 is 9.47 Å². The van der Waals surface area contributed by atoms with Gasteiger partial charge in [-0.05, 0) is 12.1 Å². The highest BCUT2D eigenvalue weighted by Crippen LogP contribution is 2.28. The largest absolute Gasteiger partial charge is 0.424 e. The van der Waals surface area contributed by atoms with Gasteiger partial charge in [0.15, 0.2) is 11.6 Å². The molecular formula is C11H10F2N2O2S. The van der Waals surface area contributed by atoms with E-state index < -0.39 is 17.4 Å². The molecule has 0 unspecified atom stereocenters. The quantitative estimate of drug-likeness (QED) is 0.839. The zero-order chi connectivity index (χ0) is 13.0. The summed E-state index contributed by atoms with van der Waals surface area (Å²) in [4.78, 5) is 4.00. The number of aromatic nitrogens is 2. The summed E-state index contributed by atoms with van der Waals surface area (Å²) in [6.07, 6.45) is 0.524. The van der Waals surface area contributed by atoms with E-state index >= 15 is 0 Å². The van der Waals surface area contributed by atoms with E-state index in [9.17, 15) is 8.78 Å². The van der Waals surface area contributed by atoms with Gasteiger partial charge in [0.05, 0.1) is 6.61 Å². The van der Waals surface area contributed by atoms with E-state index in [0.717, 1.165) is 23.7 Å². The first-order chi connectivity index (χ1) is 8.70. The Kier molecular flexibility index (Phi) is 4.16. The summed E-state index contributed by atoms with van der Waals surface area (Å²) in [5, 5.41) is 0.102. The van der Waals surface area contributed by atoms with Crippen LogP contribution >= 0.6 is 11.5 Å². The molecule has 0 N–H and O–H groups in total. The molecule has 0 atom stereocenters. The van der Waals surface area contributed by atoms with Gasteiger partial charge in [0.25, 0.3) is 5.19 Å². The normalized spacial score (nSPS) is 10.6. The van der Waals surface area contributed by atoms with Crippen LogP contribution in [0.15, 0.2) is 18.2 Å². The third kappa shape index (κ3) is 2.99. The molecule has 1 aromatic heterocycles. The van der Waals surface area contributed by atoms with E-state index in [1.165, 1.54) is 6.07 Å². The molecule has 0 saturated heterocycles. The minimum atomic E-state index is -0.774. The van der Waals surface area contributed by atoms with E-state index in [0.29, 0.717) is 18.9 Å². The first kappa shape index (κ1) is 12.8. The summed E-state index contributed by atoms with van der Waals surface area (Å²) >= 11 is 0.940. The number of hydrogen-bond acceptors (Lipinski definition) is 5. The molecule has 0 fully saturated rings. The number of nitrogens with zero attached hydrogens (tertiary/aromatic N) is 2. The van der Waals surface area contributed by atoms with E-state index in [2.05, 4.69) is 9.36 Å². The van der Waals surface area contributed by atoms with E-state index in [1.54, 1.807) is 7.11 Å². The number of halogens is 2. The molecule has 2 aromatic rings. The maximum Gasteiger partial charge on any atom is 0.298 e. The van der Waals surface area contributed by atoms with Crippen LogP contribution in [0.1, 0.15) is 5.82 Å². The molecule has 0 amide bonds. The zero-order valence-electron chi connectivity index (χ0n) is 9.52. The van der Waals surface area contributed by atoms with Gasteiger partial charge in [0.2, 0.25) is 5.75 Å². The first-order valence-corrected chi connectivity index (χ1v) is 5.91. The molecule has 0 spiro atoms. The summed E-state index contributed by atoms with van der Waals surface area (Å²) in [6, 6.07) is 3.50. The predicted molar refractivity (Wildman–Crippen MR) is 61.9 cm³/mol. The molecule has 1 aromatic carbocycles. The van der Waals surface area contributed by atoms with Crippen LogP contribution in [0, 0.1) is 11.6 Å². The van der Waals surface area contributed by atoms with Gasteiger partial charge in [-0.3, -0.25) is 0 Å². The molecule has 0 bridgehead atoms. The molecular weight excluding hydrogens is 262 g/mol. The average Bonchev–Trinajstić information content (AvgIpc) is 2.79. The van der Waals surface area contributed by atoms with E-state index in [-0.39, 0.29) is 5.19 Å². The number of hydrogen-bond donors (Lipinski definition) is 0. The molecule has 0 aliphatic rings. The van der Waals surface area contributed by atoms with Crippen molar-refractivity contribution in [2.75, 3.05) is 13.7 Å². The highest BCUT2D eigenvalue weighted by molar-refractivity contribution is 7.07. The van der Waals surface area contributed by atoms with Crippen molar-refractivity contribution in [2.45, 2.75) is 6.42 Å². The molecule has 96 valence electrons. The van der Waals surface area contributed by atoms with Crippen LogP contribution in [0.5, 0.6) is 10.9 Å². The van der Waals surface area contributed by atoms with Gasteiger partial charge in [-0.15, -0.1) is 0 Å². The third-order valence-electron chi connectivity index (χ3n) is 2.09. The Morgan fingerprint density at radius 3 is 2.67 bits per heavy atom. The molecule has 0 saturated carbocycles. The van der Waals surface area contributed by atoms with E-state index in [4.69, 9.17) is 9.47 Å². The summed E-state index contributed by atoms with van der Waals surface area (Å²) in [5.41, 5.74) is 0. The number of methoxy groups -OCH3 is 1. The van der Waals surface area contributed by atoms with Crippen LogP contribution in [-0.4, -0.2) is 23.1 Å². The fraction of sp³-hybridized carbons (Fsp3) is 0.273. The number of rotatable bonds is 5. The molecule has 0 aliphatic carbocycles. The highest BCUT2D eigenvalue weighted by Gasteiger charge is 2.13. The average molecular weight is 272 g/mol. The standard InChI is InChI=1S/C11H10F2N2O2S/c1-16-6-5-9-14-11(18-15-9)17-10-7(12)3-2-4-8(10)13/h2-4H,5-6H2,1H3. The Balaban J connectivity index is 2.11. The summed E-state index contributed by atoms with van der Waals surface area (Å²) in [7, 11) is 1.57. The molecule has 2 rings (SSSR count). The zero-order valence-corrected chi connectivity index (χ0v) is 10.3. The van der Waals surface area contributed by atoms with Crippen molar-refractivity contribution < 1.29 is 18.3 Å². The second-order valence-electron chi connectivity index (χ2n) is 3.37. The van der Waals surface area contributed by atoms with Crippen LogP contribution < -0.4 is 4.74 Å². The Morgan fingerprint density at radius 2 is 2.00 bits per heavy atom.